The Kier molecular flexibility index (Phi) is 6.53. The van der Waals surface area contributed by atoms with Crippen LogP contribution in [0.2, 0.25) is 0 Å². The van der Waals surface area contributed by atoms with E-state index in [1.807, 2.05) is 25.3 Å². The van der Waals surface area contributed by atoms with Gasteiger partial charge in [0, 0.05) is 0 Å². The van der Waals surface area contributed by atoms with Gasteiger partial charge in [0.05, 0.1) is 18.1 Å². The lowest BCUT2D eigenvalue weighted by molar-refractivity contribution is -0.125. The SMILES string of the molecule is CC(C)[C@H](N)C(=O)NCC(=O)Nc1nc2ccsc2s1.Cl. The first kappa shape index (κ1) is 17.8. The number of fused-ring (bicyclic) bond motifs is 1. The first-order valence-electron chi connectivity index (χ1n) is 6.14. The summed E-state index contributed by atoms with van der Waals surface area (Å²) in [6.07, 6.45) is 0. The lowest BCUT2D eigenvalue weighted by Crippen LogP contribution is -2.46. The Hall–Kier alpha value is -1.22. The van der Waals surface area contributed by atoms with Crippen LogP contribution in [0.3, 0.4) is 0 Å². The Bertz CT molecular complexity index is 597. The van der Waals surface area contributed by atoms with Crippen molar-refractivity contribution in [1.82, 2.24) is 10.3 Å². The fourth-order valence-corrected chi connectivity index (χ4v) is 3.33. The molecule has 0 unspecified atom stereocenters. The second kappa shape index (κ2) is 7.69. The molecule has 21 heavy (non-hydrogen) atoms. The lowest BCUT2D eigenvalue weighted by atomic mass is 10.1. The Morgan fingerprint density at radius 2 is 2.14 bits per heavy atom. The summed E-state index contributed by atoms with van der Waals surface area (Å²) in [5.74, 6) is -0.602. The zero-order chi connectivity index (χ0) is 14.7. The Morgan fingerprint density at radius 3 is 2.76 bits per heavy atom. The molecule has 0 radical (unpaired) electrons. The number of rotatable bonds is 5. The number of halogens is 1. The fraction of sp³-hybridized carbons (Fsp3) is 0.417. The lowest BCUT2D eigenvalue weighted by Gasteiger charge is -2.14. The molecule has 0 fully saturated rings. The molecule has 2 amide bonds. The Balaban J connectivity index is 0.00000220. The second-order valence-electron chi connectivity index (χ2n) is 4.65. The highest BCUT2D eigenvalue weighted by Crippen LogP contribution is 2.30. The average molecular weight is 349 g/mol. The molecule has 0 aromatic carbocycles. The Labute approximate surface area is 136 Å². The quantitative estimate of drug-likeness (QED) is 0.767. The van der Waals surface area contributed by atoms with E-state index in [4.69, 9.17) is 5.73 Å². The van der Waals surface area contributed by atoms with E-state index in [1.54, 1.807) is 11.3 Å². The summed E-state index contributed by atoms with van der Waals surface area (Å²) in [7, 11) is 0. The molecule has 0 saturated heterocycles. The van der Waals surface area contributed by atoms with E-state index < -0.39 is 6.04 Å². The smallest absolute Gasteiger partial charge is 0.245 e. The van der Waals surface area contributed by atoms with E-state index in [9.17, 15) is 9.59 Å². The summed E-state index contributed by atoms with van der Waals surface area (Å²) < 4.78 is 1.06. The minimum atomic E-state index is -0.604. The van der Waals surface area contributed by atoms with Crippen LogP contribution in [0.1, 0.15) is 13.8 Å². The molecular formula is C12H17ClN4O2S2. The van der Waals surface area contributed by atoms with E-state index in [0.717, 1.165) is 9.53 Å². The minimum absolute atomic E-state index is 0. The standard InChI is InChI=1S/C12H16N4O2S2.ClH/c1-6(2)9(13)10(18)14-5-8(17)16-12-15-7-3-4-19-11(7)20-12;/h3-4,6,9H,5,13H2,1-2H3,(H,14,18)(H,15,16,17);1H/t9-;/m0./s1. The van der Waals surface area contributed by atoms with Crippen molar-refractivity contribution < 1.29 is 9.59 Å². The van der Waals surface area contributed by atoms with Gasteiger partial charge in [-0.15, -0.1) is 23.7 Å². The molecule has 2 aromatic rings. The predicted octanol–water partition coefficient (Wildman–Crippen LogP) is 1.82. The minimum Gasteiger partial charge on any atom is -0.346 e. The fourth-order valence-electron chi connectivity index (χ4n) is 1.47. The van der Waals surface area contributed by atoms with E-state index >= 15 is 0 Å². The number of aromatic nitrogens is 1. The first-order chi connectivity index (χ1) is 9.47. The van der Waals surface area contributed by atoms with Gasteiger partial charge in [0.1, 0.15) is 4.01 Å². The molecule has 0 spiro atoms. The molecule has 9 heteroatoms. The van der Waals surface area contributed by atoms with Crippen LogP contribution < -0.4 is 16.4 Å². The molecule has 4 N–H and O–H groups in total. The van der Waals surface area contributed by atoms with Crippen LogP contribution in [-0.4, -0.2) is 29.4 Å². The maximum atomic E-state index is 11.7. The first-order valence-corrected chi connectivity index (χ1v) is 7.84. The number of hydrogen-bond donors (Lipinski definition) is 3. The third kappa shape index (κ3) is 4.63. The normalized spacial score (nSPS) is 12.0. The van der Waals surface area contributed by atoms with Gasteiger partial charge >= 0.3 is 0 Å². The van der Waals surface area contributed by atoms with Crippen molar-refractivity contribution in [3.63, 3.8) is 0 Å². The van der Waals surface area contributed by atoms with E-state index in [-0.39, 0.29) is 36.7 Å². The van der Waals surface area contributed by atoms with Gasteiger partial charge in [-0.3, -0.25) is 9.59 Å². The summed E-state index contributed by atoms with van der Waals surface area (Å²) >= 11 is 2.99. The van der Waals surface area contributed by atoms with Gasteiger partial charge in [-0.1, -0.05) is 25.2 Å². The number of anilines is 1. The highest BCUT2D eigenvalue weighted by atomic mass is 35.5. The second-order valence-corrected chi connectivity index (χ2v) is 6.82. The van der Waals surface area contributed by atoms with Crippen molar-refractivity contribution in [2.24, 2.45) is 11.7 Å². The molecule has 0 saturated carbocycles. The van der Waals surface area contributed by atoms with Gasteiger partial charge in [0.2, 0.25) is 11.8 Å². The molecule has 2 aromatic heterocycles. The number of nitrogens with one attached hydrogen (secondary N) is 2. The monoisotopic (exact) mass is 348 g/mol. The molecule has 116 valence electrons. The van der Waals surface area contributed by atoms with Crippen molar-refractivity contribution in [3.8, 4) is 0 Å². The zero-order valence-electron chi connectivity index (χ0n) is 11.6. The van der Waals surface area contributed by atoms with Gasteiger partial charge < -0.3 is 16.4 Å². The zero-order valence-corrected chi connectivity index (χ0v) is 14.0. The number of thiophene rings is 1. The summed E-state index contributed by atoms with van der Waals surface area (Å²) in [5.41, 5.74) is 6.56. The topological polar surface area (TPSA) is 97.1 Å². The molecule has 2 rings (SSSR count). The number of carbonyl (C=O) groups is 2. The number of hydrogen-bond acceptors (Lipinski definition) is 6. The third-order valence-electron chi connectivity index (χ3n) is 2.71. The molecule has 2 heterocycles. The van der Waals surface area contributed by atoms with E-state index in [0.29, 0.717) is 5.13 Å². The van der Waals surface area contributed by atoms with Gasteiger partial charge in [-0.25, -0.2) is 4.98 Å². The van der Waals surface area contributed by atoms with Gasteiger partial charge in [-0.2, -0.15) is 0 Å². The van der Waals surface area contributed by atoms with Crippen molar-refractivity contribution >= 4 is 61.6 Å². The molecule has 6 nitrogen and oxygen atoms in total. The summed E-state index contributed by atoms with van der Waals surface area (Å²) in [6.45, 7) is 3.60. The molecule has 1 atom stereocenters. The third-order valence-corrected chi connectivity index (χ3v) is 4.73. The van der Waals surface area contributed by atoms with Crippen LogP contribution in [0.15, 0.2) is 11.4 Å². The maximum absolute atomic E-state index is 11.7. The average Bonchev–Trinajstić information content (AvgIpc) is 2.95. The number of nitrogens with two attached hydrogens (primary N) is 1. The highest BCUT2D eigenvalue weighted by molar-refractivity contribution is 7.39. The van der Waals surface area contributed by atoms with Crippen molar-refractivity contribution in [1.29, 1.82) is 0 Å². The predicted molar refractivity (Wildman–Crippen MR) is 89.2 cm³/mol. The van der Waals surface area contributed by atoms with Crippen LogP contribution in [0, 0.1) is 5.92 Å². The largest absolute Gasteiger partial charge is 0.346 e. The maximum Gasteiger partial charge on any atom is 0.245 e. The summed E-state index contributed by atoms with van der Waals surface area (Å²) in [5, 5.41) is 7.67. The van der Waals surface area contributed by atoms with Crippen molar-refractivity contribution in [3.05, 3.63) is 11.4 Å². The molecule has 0 aliphatic heterocycles. The summed E-state index contributed by atoms with van der Waals surface area (Å²) in [6, 6.07) is 1.29. The summed E-state index contributed by atoms with van der Waals surface area (Å²) in [4.78, 5) is 27.6. The van der Waals surface area contributed by atoms with E-state index in [1.165, 1.54) is 11.3 Å². The number of nitrogens with zero attached hydrogens (tertiary/aromatic N) is 1. The Morgan fingerprint density at radius 1 is 1.43 bits per heavy atom. The van der Waals surface area contributed by atoms with Gasteiger partial charge in [-0.05, 0) is 17.4 Å². The van der Waals surface area contributed by atoms with Crippen molar-refractivity contribution in [2.45, 2.75) is 19.9 Å². The molecule has 0 bridgehead atoms. The molecule has 0 aliphatic carbocycles. The highest BCUT2D eigenvalue weighted by Gasteiger charge is 2.18. The van der Waals surface area contributed by atoms with Crippen LogP contribution >= 0.6 is 35.1 Å². The molecule has 0 aliphatic rings. The number of carbonyl (C=O) groups excluding carboxylic acids is 2. The van der Waals surface area contributed by atoms with E-state index in [2.05, 4.69) is 15.6 Å². The van der Waals surface area contributed by atoms with Gasteiger partial charge in [0.15, 0.2) is 5.13 Å². The number of amides is 2. The van der Waals surface area contributed by atoms with Crippen LogP contribution in [0.4, 0.5) is 5.13 Å². The molecular weight excluding hydrogens is 332 g/mol. The van der Waals surface area contributed by atoms with Gasteiger partial charge in [0.25, 0.3) is 0 Å². The van der Waals surface area contributed by atoms with Crippen molar-refractivity contribution in [2.75, 3.05) is 11.9 Å². The van der Waals surface area contributed by atoms with Crippen LogP contribution in [0.5, 0.6) is 0 Å². The number of thiazole rings is 1. The van der Waals surface area contributed by atoms with Crippen LogP contribution in [0.25, 0.3) is 9.53 Å². The van der Waals surface area contributed by atoms with Crippen LogP contribution in [-0.2, 0) is 9.59 Å².